The molecule has 0 radical (unpaired) electrons. The van der Waals surface area contributed by atoms with Gasteiger partial charge in [0.25, 0.3) is 5.56 Å². The molecule has 0 aliphatic carbocycles. The fourth-order valence-electron chi connectivity index (χ4n) is 1.59. The van der Waals surface area contributed by atoms with E-state index in [0.717, 1.165) is 11.6 Å². The van der Waals surface area contributed by atoms with Gasteiger partial charge in [0.1, 0.15) is 0 Å². The molecule has 2 N–H and O–H groups in total. The lowest BCUT2D eigenvalue weighted by atomic mass is 10.1. The molecule has 1 heterocycles. The number of nitrogens with one attached hydrogen (secondary N) is 2. The van der Waals surface area contributed by atoms with Crippen LogP contribution >= 0.6 is 0 Å². The molecule has 2 aromatic rings. The summed E-state index contributed by atoms with van der Waals surface area (Å²) in [4.78, 5) is 14.1. The van der Waals surface area contributed by atoms with Crippen molar-refractivity contribution in [2.24, 2.45) is 0 Å². The molecule has 0 atom stereocenters. The summed E-state index contributed by atoms with van der Waals surface area (Å²) in [7, 11) is -3.31. The van der Waals surface area contributed by atoms with E-state index in [0.29, 0.717) is 16.8 Å². The Hall–Kier alpha value is -1.82. The number of benzene rings is 1. The van der Waals surface area contributed by atoms with E-state index in [2.05, 4.69) is 9.71 Å². The molecule has 5 nitrogen and oxygen atoms in total. The summed E-state index contributed by atoms with van der Waals surface area (Å²) in [6.45, 7) is 1.72. The standard InChI is InChI=1S/C11H12N2O3S/c1-7-5-8-3-4-9(13-17(2,15)16)6-10(8)12-11(7)14/h3-6,13H,1-2H3,(H,12,14). The molecule has 6 heteroatoms. The van der Waals surface area contributed by atoms with Crippen molar-refractivity contribution in [3.63, 3.8) is 0 Å². The Morgan fingerprint density at radius 2 is 1.94 bits per heavy atom. The van der Waals surface area contributed by atoms with Crippen molar-refractivity contribution in [1.29, 1.82) is 0 Å². The van der Waals surface area contributed by atoms with Gasteiger partial charge in [0, 0.05) is 5.56 Å². The minimum absolute atomic E-state index is 0.172. The zero-order valence-electron chi connectivity index (χ0n) is 9.44. The van der Waals surface area contributed by atoms with Crippen LogP contribution in [0.1, 0.15) is 5.56 Å². The first-order chi connectivity index (χ1) is 7.85. The van der Waals surface area contributed by atoms with E-state index < -0.39 is 10.0 Å². The van der Waals surface area contributed by atoms with Gasteiger partial charge in [-0.25, -0.2) is 8.42 Å². The Morgan fingerprint density at radius 3 is 2.59 bits per heavy atom. The molecule has 2 rings (SSSR count). The smallest absolute Gasteiger partial charge is 0.251 e. The van der Waals surface area contributed by atoms with Crippen LogP contribution in [0.5, 0.6) is 0 Å². The highest BCUT2D eigenvalue weighted by molar-refractivity contribution is 7.92. The number of pyridine rings is 1. The number of H-pyrrole nitrogens is 1. The fraction of sp³-hybridized carbons (Fsp3) is 0.182. The van der Waals surface area contributed by atoms with E-state index in [9.17, 15) is 13.2 Å². The van der Waals surface area contributed by atoms with Gasteiger partial charge in [-0.05, 0) is 30.5 Å². The Bertz CT molecular complexity index is 732. The van der Waals surface area contributed by atoms with Crippen LogP contribution < -0.4 is 10.3 Å². The SMILES string of the molecule is Cc1cc2ccc(NS(C)(=O)=O)cc2[nH]c1=O. The highest BCUT2D eigenvalue weighted by atomic mass is 32.2. The maximum Gasteiger partial charge on any atom is 0.251 e. The van der Waals surface area contributed by atoms with E-state index in [1.54, 1.807) is 31.2 Å². The quantitative estimate of drug-likeness (QED) is 0.843. The van der Waals surface area contributed by atoms with Crippen molar-refractivity contribution >= 4 is 26.6 Å². The average molecular weight is 252 g/mol. The second-order valence-corrected chi connectivity index (χ2v) is 5.71. The van der Waals surface area contributed by atoms with Crippen molar-refractivity contribution in [2.45, 2.75) is 6.92 Å². The number of rotatable bonds is 2. The zero-order chi connectivity index (χ0) is 12.6. The number of sulfonamides is 1. The summed E-state index contributed by atoms with van der Waals surface area (Å²) in [6, 6.07) is 6.77. The molecule has 0 aliphatic heterocycles. The van der Waals surface area contributed by atoms with Crippen LogP contribution in [-0.2, 0) is 10.0 Å². The van der Waals surface area contributed by atoms with E-state index in [1.807, 2.05) is 0 Å². The second-order valence-electron chi connectivity index (χ2n) is 3.96. The third-order valence-electron chi connectivity index (χ3n) is 2.33. The summed E-state index contributed by atoms with van der Waals surface area (Å²) in [6.07, 6.45) is 1.08. The molecule has 90 valence electrons. The van der Waals surface area contributed by atoms with E-state index in [1.165, 1.54) is 0 Å². The summed E-state index contributed by atoms with van der Waals surface area (Å²) >= 11 is 0. The van der Waals surface area contributed by atoms with Gasteiger partial charge in [-0.3, -0.25) is 9.52 Å². The van der Waals surface area contributed by atoms with Gasteiger partial charge in [0.05, 0.1) is 17.5 Å². The second kappa shape index (κ2) is 3.89. The molecule has 0 fully saturated rings. The third kappa shape index (κ3) is 2.65. The summed E-state index contributed by atoms with van der Waals surface area (Å²) < 4.78 is 24.5. The zero-order valence-corrected chi connectivity index (χ0v) is 10.3. The van der Waals surface area contributed by atoms with Crippen LogP contribution in [0, 0.1) is 6.92 Å². The molecule has 17 heavy (non-hydrogen) atoms. The number of aromatic nitrogens is 1. The van der Waals surface area contributed by atoms with Gasteiger partial charge in [-0.2, -0.15) is 0 Å². The average Bonchev–Trinajstić information content (AvgIpc) is 2.18. The van der Waals surface area contributed by atoms with Crippen LogP contribution in [0.15, 0.2) is 29.1 Å². The molecule has 0 amide bonds. The minimum atomic E-state index is -3.31. The highest BCUT2D eigenvalue weighted by Gasteiger charge is 2.04. The molecule has 0 saturated heterocycles. The van der Waals surface area contributed by atoms with E-state index >= 15 is 0 Å². The molecule has 1 aromatic heterocycles. The van der Waals surface area contributed by atoms with E-state index in [4.69, 9.17) is 0 Å². The summed E-state index contributed by atoms with van der Waals surface area (Å²) in [5.74, 6) is 0. The van der Waals surface area contributed by atoms with Crippen molar-refractivity contribution in [2.75, 3.05) is 11.0 Å². The van der Waals surface area contributed by atoms with Crippen LogP contribution in [0.2, 0.25) is 0 Å². The predicted molar refractivity (Wildman–Crippen MR) is 67.8 cm³/mol. The Labute approximate surface area is 98.5 Å². The normalized spacial score (nSPS) is 11.6. The maximum absolute atomic E-state index is 11.4. The first-order valence-corrected chi connectivity index (χ1v) is 6.86. The van der Waals surface area contributed by atoms with Crippen molar-refractivity contribution in [1.82, 2.24) is 4.98 Å². The number of aryl methyl sites for hydroxylation is 1. The van der Waals surface area contributed by atoms with Crippen LogP contribution in [0.25, 0.3) is 10.9 Å². The number of hydrogen-bond acceptors (Lipinski definition) is 3. The van der Waals surface area contributed by atoms with Gasteiger partial charge in [0.15, 0.2) is 0 Å². The summed E-state index contributed by atoms with van der Waals surface area (Å²) in [5.41, 5.74) is 1.49. The van der Waals surface area contributed by atoms with Crippen molar-refractivity contribution in [3.05, 3.63) is 40.2 Å². The first kappa shape index (κ1) is 11.7. The molecular formula is C11H12N2O3S. The largest absolute Gasteiger partial charge is 0.322 e. The maximum atomic E-state index is 11.4. The topological polar surface area (TPSA) is 79.0 Å². The highest BCUT2D eigenvalue weighted by Crippen LogP contribution is 2.17. The van der Waals surface area contributed by atoms with Gasteiger partial charge in [-0.15, -0.1) is 0 Å². The molecule has 0 spiro atoms. The number of anilines is 1. The monoisotopic (exact) mass is 252 g/mol. The molecule has 0 aliphatic rings. The van der Waals surface area contributed by atoms with Gasteiger partial charge in [-0.1, -0.05) is 6.07 Å². The van der Waals surface area contributed by atoms with E-state index in [-0.39, 0.29) is 5.56 Å². The van der Waals surface area contributed by atoms with Crippen LogP contribution in [-0.4, -0.2) is 19.7 Å². The predicted octanol–water partition coefficient (Wildman–Crippen LogP) is 1.21. The Kier molecular flexibility index (Phi) is 2.66. The minimum Gasteiger partial charge on any atom is -0.322 e. The lowest BCUT2D eigenvalue weighted by Gasteiger charge is -2.05. The molecular weight excluding hydrogens is 240 g/mol. The van der Waals surface area contributed by atoms with Gasteiger partial charge >= 0.3 is 0 Å². The lowest BCUT2D eigenvalue weighted by molar-refractivity contribution is 0.607. The Balaban J connectivity index is 2.58. The van der Waals surface area contributed by atoms with Crippen LogP contribution in [0.3, 0.4) is 0 Å². The molecule has 0 saturated carbocycles. The van der Waals surface area contributed by atoms with Crippen molar-refractivity contribution < 1.29 is 8.42 Å². The van der Waals surface area contributed by atoms with Crippen molar-refractivity contribution in [3.8, 4) is 0 Å². The lowest BCUT2D eigenvalue weighted by Crippen LogP contribution is -2.11. The van der Waals surface area contributed by atoms with Gasteiger partial charge < -0.3 is 4.98 Å². The Morgan fingerprint density at radius 1 is 1.24 bits per heavy atom. The summed E-state index contributed by atoms with van der Waals surface area (Å²) in [5, 5.41) is 0.862. The van der Waals surface area contributed by atoms with Gasteiger partial charge in [0.2, 0.25) is 10.0 Å². The molecule has 0 unspecified atom stereocenters. The number of fused-ring (bicyclic) bond motifs is 1. The molecule has 1 aromatic carbocycles. The fourth-order valence-corrected chi connectivity index (χ4v) is 2.14. The molecule has 0 bridgehead atoms. The number of hydrogen-bond donors (Lipinski definition) is 2. The first-order valence-electron chi connectivity index (χ1n) is 4.97. The van der Waals surface area contributed by atoms with Crippen LogP contribution in [0.4, 0.5) is 5.69 Å². The third-order valence-corrected chi connectivity index (χ3v) is 2.94. The number of aromatic amines is 1.